The Labute approximate surface area is 177 Å². The molecule has 0 spiro atoms. The number of ether oxygens (including phenoxy) is 1. The Morgan fingerprint density at radius 2 is 1.83 bits per heavy atom. The molecule has 1 heterocycles. The maximum atomic E-state index is 12.4. The number of carbonyl (C=O) groups excluding carboxylic acids is 2. The van der Waals surface area contributed by atoms with E-state index in [1.807, 2.05) is 49.4 Å². The Kier molecular flexibility index (Phi) is 5.85. The van der Waals surface area contributed by atoms with E-state index in [0.29, 0.717) is 12.2 Å². The van der Waals surface area contributed by atoms with Crippen LogP contribution in [0.15, 0.2) is 42.5 Å². The molecule has 2 aromatic carbocycles. The summed E-state index contributed by atoms with van der Waals surface area (Å²) in [6.07, 6.45) is 5.73. The summed E-state index contributed by atoms with van der Waals surface area (Å²) in [6, 6.07) is 15.5. The highest BCUT2D eigenvalue weighted by Gasteiger charge is 2.29. The molecule has 30 heavy (non-hydrogen) atoms. The standard InChI is InChI=1S/C25H26N2O3/c1-16-22-14-20(11-12-23(22)30-25(16)29)18-9-7-17(8-10-18)13-21(15-26)27-24(28)19-5-3-2-4-6-19/h7-12,14,16,19,21H,2-6,13H2,1H3,(H,27,28)/t16?,21-/m0/s1. The van der Waals surface area contributed by atoms with Crippen molar-refractivity contribution >= 4 is 11.9 Å². The van der Waals surface area contributed by atoms with Crippen molar-refractivity contribution in [2.24, 2.45) is 5.92 Å². The molecular weight excluding hydrogens is 376 g/mol. The van der Waals surface area contributed by atoms with Crippen LogP contribution in [0.5, 0.6) is 5.75 Å². The number of rotatable bonds is 5. The lowest BCUT2D eigenvalue weighted by atomic mass is 9.88. The summed E-state index contributed by atoms with van der Waals surface area (Å²) in [7, 11) is 0. The molecule has 0 aromatic heterocycles. The van der Waals surface area contributed by atoms with Crippen LogP contribution in [0.3, 0.4) is 0 Å². The minimum absolute atomic E-state index is 0.0156. The van der Waals surface area contributed by atoms with E-state index in [0.717, 1.165) is 47.9 Å². The van der Waals surface area contributed by atoms with Crippen LogP contribution in [0.4, 0.5) is 0 Å². The van der Waals surface area contributed by atoms with Crippen molar-refractivity contribution in [3.8, 4) is 22.9 Å². The quantitative estimate of drug-likeness (QED) is 0.590. The summed E-state index contributed by atoms with van der Waals surface area (Å²) in [5.41, 5.74) is 3.97. The van der Waals surface area contributed by atoms with Crippen molar-refractivity contribution in [1.82, 2.24) is 5.32 Å². The lowest BCUT2D eigenvalue weighted by Crippen LogP contribution is -2.40. The second-order valence-electron chi connectivity index (χ2n) is 8.32. The summed E-state index contributed by atoms with van der Waals surface area (Å²) in [4.78, 5) is 24.2. The van der Waals surface area contributed by atoms with E-state index in [2.05, 4.69) is 11.4 Å². The lowest BCUT2D eigenvalue weighted by Gasteiger charge is -2.22. The lowest BCUT2D eigenvalue weighted by molar-refractivity contribution is -0.133. The number of nitrogens with zero attached hydrogens (tertiary/aromatic N) is 1. The summed E-state index contributed by atoms with van der Waals surface area (Å²) >= 11 is 0. The molecule has 2 aliphatic rings. The first kappa shape index (κ1) is 20.2. The molecule has 0 saturated heterocycles. The Morgan fingerprint density at radius 1 is 1.13 bits per heavy atom. The van der Waals surface area contributed by atoms with E-state index in [-0.39, 0.29) is 23.7 Å². The fourth-order valence-electron chi connectivity index (χ4n) is 4.34. The van der Waals surface area contributed by atoms with Gasteiger partial charge >= 0.3 is 5.97 Å². The van der Waals surface area contributed by atoms with Crippen molar-refractivity contribution in [3.05, 3.63) is 53.6 Å². The highest BCUT2D eigenvalue weighted by molar-refractivity contribution is 5.86. The van der Waals surface area contributed by atoms with Crippen molar-refractivity contribution in [3.63, 3.8) is 0 Å². The van der Waals surface area contributed by atoms with Crippen LogP contribution >= 0.6 is 0 Å². The third-order valence-corrected chi connectivity index (χ3v) is 6.22. The minimum Gasteiger partial charge on any atom is -0.426 e. The number of fused-ring (bicyclic) bond motifs is 1. The van der Waals surface area contributed by atoms with E-state index in [4.69, 9.17) is 4.74 Å². The van der Waals surface area contributed by atoms with Gasteiger partial charge in [-0.15, -0.1) is 0 Å². The number of nitrogens with one attached hydrogen (secondary N) is 1. The second kappa shape index (κ2) is 8.71. The number of nitriles is 1. The van der Waals surface area contributed by atoms with Crippen LogP contribution < -0.4 is 10.1 Å². The third kappa shape index (κ3) is 4.23. The molecule has 0 bridgehead atoms. The van der Waals surface area contributed by atoms with Gasteiger partial charge in [-0.25, -0.2) is 0 Å². The van der Waals surface area contributed by atoms with Gasteiger partial charge in [-0.3, -0.25) is 9.59 Å². The van der Waals surface area contributed by atoms with Crippen LogP contribution in [0.25, 0.3) is 11.1 Å². The fourth-order valence-corrected chi connectivity index (χ4v) is 4.34. The number of hydrogen-bond donors (Lipinski definition) is 1. The summed E-state index contributed by atoms with van der Waals surface area (Å²) in [5, 5.41) is 12.4. The largest absolute Gasteiger partial charge is 0.426 e. The van der Waals surface area contributed by atoms with Gasteiger partial charge < -0.3 is 10.1 Å². The first-order valence-corrected chi connectivity index (χ1v) is 10.7. The van der Waals surface area contributed by atoms with Gasteiger partial charge in [-0.2, -0.15) is 5.26 Å². The molecule has 1 aliphatic heterocycles. The molecule has 1 aliphatic carbocycles. The van der Waals surface area contributed by atoms with Crippen molar-refractivity contribution in [1.29, 1.82) is 5.26 Å². The van der Waals surface area contributed by atoms with Crippen molar-refractivity contribution < 1.29 is 14.3 Å². The van der Waals surface area contributed by atoms with Gasteiger partial charge in [0.15, 0.2) is 0 Å². The first-order valence-electron chi connectivity index (χ1n) is 10.7. The molecular formula is C25H26N2O3. The molecule has 1 fully saturated rings. The van der Waals surface area contributed by atoms with Crippen LogP contribution in [0, 0.1) is 17.2 Å². The molecule has 4 rings (SSSR count). The number of esters is 1. The molecule has 154 valence electrons. The highest BCUT2D eigenvalue weighted by Crippen LogP contribution is 2.37. The maximum Gasteiger partial charge on any atom is 0.318 e. The average molecular weight is 402 g/mol. The van der Waals surface area contributed by atoms with E-state index < -0.39 is 6.04 Å². The highest BCUT2D eigenvalue weighted by atomic mass is 16.5. The topological polar surface area (TPSA) is 79.2 Å². The zero-order valence-corrected chi connectivity index (χ0v) is 17.2. The van der Waals surface area contributed by atoms with Crippen molar-refractivity contribution in [2.45, 2.75) is 57.4 Å². The van der Waals surface area contributed by atoms with Crippen LogP contribution in [0.2, 0.25) is 0 Å². The Hall–Kier alpha value is -3.13. The van der Waals surface area contributed by atoms with Gasteiger partial charge in [0.1, 0.15) is 11.8 Å². The second-order valence-corrected chi connectivity index (χ2v) is 8.32. The zero-order valence-electron chi connectivity index (χ0n) is 17.2. The van der Waals surface area contributed by atoms with E-state index in [1.54, 1.807) is 0 Å². The average Bonchev–Trinajstić information content (AvgIpc) is 3.07. The van der Waals surface area contributed by atoms with E-state index >= 15 is 0 Å². The fraction of sp³-hybridized carbons (Fsp3) is 0.400. The SMILES string of the molecule is CC1C(=O)Oc2ccc(-c3ccc(C[C@@H](C#N)NC(=O)C4CCCCC4)cc3)cc21. The predicted octanol–water partition coefficient (Wildman–Crippen LogP) is 4.51. The smallest absolute Gasteiger partial charge is 0.318 e. The molecule has 1 unspecified atom stereocenters. The van der Waals surface area contributed by atoms with Gasteiger partial charge in [0, 0.05) is 17.9 Å². The third-order valence-electron chi connectivity index (χ3n) is 6.22. The Bertz CT molecular complexity index is 984. The maximum absolute atomic E-state index is 12.4. The number of hydrogen-bond acceptors (Lipinski definition) is 4. The molecule has 2 atom stereocenters. The Balaban J connectivity index is 1.41. The normalized spacial score (nSPS) is 19.5. The van der Waals surface area contributed by atoms with Crippen LogP contribution in [-0.2, 0) is 16.0 Å². The Morgan fingerprint density at radius 3 is 2.53 bits per heavy atom. The van der Waals surface area contributed by atoms with Gasteiger partial charge in [0.2, 0.25) is 5.91 Å². The van der Waals surface area contributed by atoms with E-state index in [9.17, 15) is 14.9 Å². The molecule has 2 aromatic rings. The van der Waals surface area contributed by atoms with Gasteiger partial charge in [0.05, 0.1) is 12.0 Å². The van der Waals surface area contributed by atoms with Crippen LogP contribution in [0.1, 0.15) is 56.1 Å². The number of amides is 1. The van der Waals surface area contributed by atoms with Gasteiger partial charge in [0.25, 0.3) is 0 Å². The molecule has 1 N–H and O–H groups in total. The molecule has 1 saturated carbocycles. The van der Waals surface area contributed by atoms with Gasteiger partial charge in [-0.1, -0.05) is 49.6 Å². The first-order chi connectivity index (χ1) is 14.5. The van der Waals surface area contributed by atoms with E-state index in [1.165, 1.54) is 6.42 Å². The molecule has 0 radical (unpaired) electrons. The summed E-state index contributed by atoms with van der Waals surface area (Å²) < 4.78 is 5.26. The molecule has 1 amide bonds. The van der Waals surface area contributed by atoms with Crippen molar-refractivity contribution in [2.75, 3.05) is 0 Å². The predicted molar refractivity (Wildman–Crippen MR) is 114 cm³/mol. The van der Waals surface area contributed by atoms with Crippen LogP contribution in [-0.4, -0.2) is 17.9 Å². The number of carbonyl (C=O) groups is 2. The monoisotopic (exact) mass is 402 g/mol. The zero-order chi connectivity index (χ0) is 21.1. The number of benzene rings is 2. The molecule has 5 nitrogen and oxygen atoms in total. The summed E-state index contributed by atoms with van der Waals surface area (Å²) in [5.74, 6) is 0.245. The van der Waals surface area contributed by atoms with Gasteiger partial charge in [-0.05, 0) is 48.6 Å². The minimum atomic E-state index is -0.519. The summed E-state index contributed by atoms with van der Waals surface area (Å²) in [6.45, 7) is 1.85. The molecule has 5 heteroatoms.